The fourth-order valence-electron chi connectivity index (χ4n) is 1.95. The highest BCUT2D eigenvalue weighted by molar-refractivity contribution is 5.75. The summed E-state index contributed by atoms with van der Waals surface area (Å²) in [4.78, 5) is 27.5. The molecule has 0 aliphatic heterocycles. The topological polar surface area (TPSA) is 73.2 Å². The first-order chi connectivity index (χ1) is 10.6. The van der Waals surface area contributed by atoms with Crippen LogP contribution in [0, 0.1) is 0 Å². The molecule has 1 aromatic heterocycles. The van der Waals surface area contributed by atoms with E-state index in [2.05, 4.69) is 10.3 Å². The lowest BCUT2D eigenvalue weighted by Gasteiger charge is -2.08. The summed E-state index contributed by atoms with van der Waals surface area (Å²) in [5, 5.41) is 2.73. The summed E-state index contributed by atoms with van der Waals surface area (Å²) >= 11 is 0. The van der Waals surface area contributed by atoms with Crippen LogP contribution in [-0.2, 0) is 11.3 Å². The fraction of sp³-hybridized carbons (Fsp3) is 0.312. The molecule has 1 heterocycles. The Kier molecular flexibility index (Phi) is 5.30. The van der Waals surface area contributed by atoms with Gasteiger partial charge in [0, 0.05) is 31.1 Å². The van der Waals surface area contributed by atoms with Gasteiger partial charge < -0.3 is 10.1 Å². The van der Waals surface area contributed by atoms with Crippen molar-refractivity contribution in [2.75, 3.05) is 13.7 Å². The summed E-state index contributed by atoms with van der Waals surface area (Å²) in [5.41, 5.74) is 1.32. The maximum Gasteiger partial charge on any atom is 0.253 e. The number of methoxy groups -OCH3 is 1. The van der Waals surface area contributed by atoms with Gasteiger partial charge in [-0.1, -0.05) is 6.92 Å². The largest absolute Gasteiger partial charge is 0.497 e. The summed E-state index contributed by atoms with van der Waals surface area (Å²) in [6, 6.07) is 8.84. The van der Waals surface area contributed by atoms with Crippen LogP contribution in [0.25, 0.3) is 11.3 Å². The Balaban J connectivity index is 2.08. The quantitative estimate of drug-likeness (QED) is 0.876. The molecule has 22 heavy (non-hydrogen) atoms. The van der Waals surface area contributed by atoms with E-state index in [4.69, 9.17) is 4.74 Å². The molecule has 0 radical (unpaired) electrons. The molecule has 0 bridgehead atoms. The Labute approximate surface area is 128 Å². The van der Waals surface area contributed by atoms with Crippen LogP contribution in [0.4, 0.5) is 0 Å². The number of hydrogen-bond acceptors (Lipinski definition) is 4. The van der Waals surface area contributed by atoms with E-state index in [0.29, 0.717) is 25.2 Å². The number of hydrogen-bond donors (Lipinski definition) is 1. The van der Waals surface area contributed by atoms with Gasteiger partial charge in [0.05, 0.1) is 19.1 Å². The Morgan fingerprint density at radius 1 is 1.32 bits per heavy atom. The van der Waals surface area contributed by atoms with E-state index < -0.39 is 0 Å². The number of ether oxygens (including phenoxy) is 1. The van der Waals surface area contributed by atoms with E-state index in [1.165, 1.54) is 17.0 Å². The second-order valence-corrected chi connectivity index (χ2v) is 4.74. The number of aromatic nitrogens is 2. The minimum atomic E-state index is -0.147. The maximum absolute atomic E-state index is 12.1. The van der Waals surface area contributed by atoms with Crippen LogP contribution in [0.15, 0.2) is 41.5 Å². The number of nitrogens with one attached hydrogen (secondary N) is 1. The molecular formula is C16H19N3O3. The predicted molar refractivity (Wildman–Crippen MR) is 83.8 cm³/mol. The number of nitrogens with zero attached hydrogens (tertiary/aromatic N) is 2. The summed E-state index contributed by atoms with van der Waals surface area (Å²) in [6.07, 6.45) is 1.93. The molecule has 2 aromatic rings. The molecule has 0 unspecified atom stereocenters. The van der Waals surface area contributed by atoms with E-state index in [1.807, 2.05) is 24.3 Å². The number of carbonyl (C=O) groups excluding carboxylic acids is 1. The van der Waals surface area contributed by atoms with Crippen LogP contribution in [0.2, 0.25) is 0 Å². The van der Waals surface area contributed by atoms with Gasteiger partial charge in [0.15, 0.2) is 0 Å². The van der Waals surface area contributed by atoms with Gasteiger partial charge in [-0.15, -0.1) is 0 Å². The molecule has 0 aliphatic rings. The van der Waals surface area contributed by atoms with Crippen LogP contribution in [0.3, 0.4) is 0 Å². The lowest BCUT2D eigenvalue weighted by atomic mass is 10.1. The third kappa shape index (κ3) is 3.94. The van der Waals surface area contributed by atoms with Crippen molar-refractivity contribution in [3.63, 3.8) is 0 Å². The smallest absolute Gasteiger partial charge is 0.253 e. The highest BCUT2D eigenvalue weighted by Crippen LogP contribution is 2.18. The van der Waals surface area contributed by atoms with Crippen molar-refractivity contribution in [2.24, 2.45) is 0 Å². The summed E-state index contributed by atoms with van der Waals surface area (Å²) in [7, 11) is 1.60. The highest BCUT2D eigenvalue weighted by atomic mass is 16.5. The van der Waals surface area contributed by atoms with Crippen molar-refractivity contribution in [1.29, 1.82) is 0 Å². The fourth-order valence-corrected chi connectivity index (χ4v) is 1.95. The first-order valence-corrected chi connectivity index (χ1v) is 7.11. The van der Waals surface area contributed by atoms with Crippen LogP contribution in [-0.4, -0.2) is 29.1 Å². The molecule has 1 aromatic carbocycles. The predicted octanol–water partition coefficient (Wildman–Crippen LogP) is 1.45. The van der Waals surface area contributed by atoms with Crippen LogP contribution >= 0.6 is 0 Å². The molecule has 1 N–H and O–H groups in total. The average molecular weight is 301 g/mol. The van der Waals surface area contributed by atoms with Crippen molar-refractivity contribution in [3.8, 4) is 17.0 Å². The molecule has 116 valence electrons. The average Bonchev–Trinajstić information content (AvgIpc) is 2.56. The molecule has 0 spiro atoms. The summed E-state index contributed by atoms with van der Waals surface area (Å²) in [5.74, 6) is 0.722. The first-order valence-electron chi connectivity index (χ1n) is 7.11. The first kappa shape index (κ1) is 15.8. The number of carbonyl (C=O) groups is 1. The standard InChI is InChI=1S/C16H19N3O3/c1-3-15(20)17-8-9-19-11-18-14(10-16(19)21)12-4-6-13(22-2)7-5-12/h4-7,10-11H,3,8-9H2,1-2H3,(H,17,20). The van der Waals surface area contributed by atoms with E-state index in [0.717, 1.165) is 11.3 Å². The van der Waals surface area contributed by atoms with Crippen molar-refractivity contribution in [1.82, 2.24) is 14.9 Å². The van der Waals surface area contributed by atoms with Crippen LogP contribution in [0.1, 0.15) is 13.3 Å². The third-order valence-corrected chi connectivity index (χ3v) is 3.26. The summed E-state index contributed by atoms with van der Waals surface area (Å²) in [6.45, 7) is 2.60. The number of benzene rings is 1. The molecule has 0 saturated heterocycles. The Morgan fingerprint density at radius 3 is 2.64 bits per heavy atom. The van der Waals surface area contributed by atoms with Crippen molar-refractivity contribution < 1.29 is 9.53 Å². The Morgan fingerprint density at radius 2 is 2.05 bits per heavy atom. The maximum atomic E-state index is 12.1. The van der Waals surface area contributed by atoms with E-state index in [-0.39, 0.29) is 11.5 Å². The minimum absolute atomic E-state index is 0.0316. The van der Waals surface area contributed by atoms with Crippen molar-refractivity contribution in [3.05, 3.63) is 47.0 Å². The molecular weight excluding hydrogens is 282 g/mol. The normalized spacial score (nSPS) is 10.3. The molecule has 0 saturated carbocycles. The zero-order valence-corrected chi connectivity index (χ0v) is 12.7. The van der Waals surface area contributed by atoms with Gasteiger partial charge >= 0.3 is 0 Å². The highest BCUT2D eigenvalue weighted by Gasteiger charge is 2.04. The van der Waals surface area contributed by atoms with Gasteiger partial charge in [-0.05, 0) is 24.3 Å². The van der Waals surface area contributed by atoms with Crippen LogP contribution in [0.5, 0.6) is 5.75 Å². The third-order valence-electron chi connectivity index (χ3n) is 3.26. The van der Waals surface area contributed by atoms with E-state index >= 15 is 0 Å². The van der Waals surface area contributed by atoms with Crippen molar-refractivity contribution in [2.45, 2.75) is 19.9 Å². The Hall–Kier alpha value is -2.63. The number of amides is 1. The van der Waals surface area contributed by atoms with E-state index in [9.17, 15) is 9.59 Å². The van der Waals surface area contributed by atoms with E-state index in [1.54, 1.807) is 14.0 Å². The van der Waals surface area contributed by atoms with Gasteiger partial charge in [0.2, 0.25) is 5.91 Å². The summed E-state index contributed by atoms with van der Waals surface area (Å²) < 4.78 is 6.58. The molecule has 6 heteroatoms. The SMILES string of the molecule is CCC(=O)NCCn1cnc(-c2ccc(OC)cc2)cc1=O. The van der Waals surface area contributed by atoms with Gasteiger partial charge in [-0.2, -0.15) is 0 Å². The molecule has 0 atom stereocenters. The Bertz CT molecular complexity index is 693. The molecule has 2 rings (SSSR count). The van der Waals surface area contributed by atoms with Crippen molar-refractivity contribution >= 4 is 5.91 Å². The van der Waals surface area contributed by atoms with Gasteiger partial charge in [0.25, 0.3) is 5.56 Å². The zero-order valence-electron chi connectivity index (χ0n) is 12.7. The monoisotopic (exact) mass is 301 g/mol. The lowest BCUT2D eigenvalue weighted by molar-refractivity contribution is -0.120. The van der Waals surface area contributed by atoms with Gasteiger partial charge in [0.1, 0.15) is 5.75 Å². The number of rotatable bonds is 6. The second-order valence-electron chi connectivity index (χ2n) is 4.74. The zero-order chi connectivity index (χ0) is 15.9. The molecule has 6 nitrogen and oxygen atoms in total. The molecule has 1 amide bonds. The lowest BCUT2D eigenvalue weighted by Crippen LogP contribution is -2.30. The minimum Gasteiger partial charge on any atom is -0.497 e. The van der Waals surface area contributed by atoms with Crippen LogP contribution < -0.4 is 15.6 Å². The van der Waals surface area contributed by atoms with Gasteiger partial charge in [-0.3, -0.25) is 14.2 Å². The molecule has 0 fully saturated rings. The molecule has 0 aliphatic carbocycles. The second kappa shape index (κ2) is 7.40. The van der Waals surface area contributed by atoms with Gasteiger partial charge in [-0.25, -0.2) is 4.98 Å².